The Morgan fingerprint density at radius 1 is 1.42 bits per heavy atom. The molecule has 0 aliphatic carbocycles. The first-order valence-corrected chi connectivity index (χ1v) is 8.60. The van der Waals surface area contributed by atoms with Gasteiger partial charge in [0.15, 0.2) is 10.1 Å². The number of nitrogens with one attached hydrogen (secondary N) is 2. The lowest BCUT2D eigenvalue weighted by Crippen LogP contribution is -2.20. The number of para-hydroxylation sites is 1. The van der Waals surface area contributed by atoms with Crippen molar-refractivity contribution in [2.24, 2.45) is 0 Å². The zero-order valence-corrected chi connectivity index (χ0v) is 14.1. The van der Waals surface area contributed by atoms with Crippen LogP contribution in [-0.4, -0.2) is 20.3 Å². The first kappa shape index (κ1) is 15.0. The fourth-order valence-corrected chi connectivity index (χ4v) is 3.56. The Morgan fingerprint density at radius 2 is 2.29 bits per heavy atom. The van der Waals surface area contributed by atoms with Gasteiger partial charge in [0.25, 0.3) is 0 Å². The van der Waals surface area contributed by atoms with Crippen molar-refractivity contribution in [2.45, 2.75) is 6.54 Å². The van der Waals surface area contributed by atoms with Crippen LogP contribution in [0.2, 0.25) is 5.15 Å². The third kappa shape index (κ3) is 2.81. The van der Waals surface area contributed by atoms with E-state index in [0.717, 1.165) is 21.6 Å². The zero-order valence-electron chi connectivity index (χ0n) is 12.5. The number of amides is 1. The lowest BCUT2D eigenvalue weighted by molar-refractivity contribution is -0.116. The lowest BCUT2D eigenvalue weighted by Gasteiger charge is -1.99. The summed E-state index contributed by atoms with van der Waals surface area (Å²) in [6, 6.07) is 10.0. The third-order valence-electron chi connectivity index (χ3n) is 3.69. The molecule has 1 aromatic carbocycles. The van der Waals surface area contributed by atoms with Crippen LogP contribution >= 0.6 is 22.9 Å². The Morgan fingerprint density at radius 3 is 3.17 bits per heavy atom. The van der Waals surface area contributed by atoms with Gasteiger partial charge in [0, 0.05) is 28.9 Å². The van der Waals surface area contributed by atoms with Crippen LogP contribution in [0.4, 0.5) is 0 Å². The predicted molar refractivity (Wildman–Crippen MR) is 97.3 cm³/mol. The van der Waals surface area contributed by atoms with Crippen molar-refractivity contribution in [3.05, 3.63) is 64.5 Å². The van der Waals surface area contributed by atoms with Gasteiger partial charge in [-0.3, -0.25) is 9.20 Å². The van der Waals surface area contributed by atoms with E-state index < -0.39 is 0 Å². The van der Waals surface area contributed by atoms with Crippen LogP contribution in [-0.2, 0) is 11.3 Å². The molecule has 0 saturated carbocycles. The minimum Gasteiger partial charge on any atom is -0.357 e. The van der Waals surface area contributed by atoms with E-state index in [9.17, 15) is 4.79 Å². The second kappa shape index (κ2) is 6.14. The average Bonchev–Trinajstić information content (AvgIpc) is 3.25. The van der Waals surface area contributed by atoms with E-state index in [1.165, 1.54) is 17.4 Å². The first-order valence-electron chi connectivity index (χ1n) is 7.34. The molecule has 0 aliphatic rings. The molecule has 0 saturated heterocycles. The van der Waals surface area contributed by atoms with Gasteiger partial charge in [-0.1, -0.05) is 29.8 Å². The Bertz CT molecular complexity index is 1030. The highest BCUT2D eigenvalue weighted by molar-refractivity contribution is 7.15. The zero-order chi connectivity index (χ0) is 16.5. The number of carbonyl (C=O) groups excluding carboxylic acids is 1. The summed E-state index contributed by atoms with van der Waals surface area (Å²) in [4.78, 5) is 20.3. The highest BCUT2D eigenvalue weighted by atomic mass is 35.5. The van der Waals surface area contributed by atoms with Gasteiger partial charge in [-0.25, -0.2) is 4.98 Å². The lowest BCUT2D eigenvalue weighted by atomic mass is 10.2. The van der Waals surface area contributed by atoms with Gasteiger partial charge in [0.1, 0.15) is 0 Å². The maximum absolute atomic E-state index is 12.0. The van der Waals surface area contributed by atoms with E-state index in [1.54, 1.807) is 6.08 Å². The number of H-pyrrole nitrogens is 1. The molecule has 1 amide bonds. The number of benzene rings is 1. The van der Waals surface area contributed by atoms with Crippen molar-refractivity contribution in [1.82, 2.24) is 19.7 Å². The number of thiazole rings is 1. The van der Waals surface area contributed by atoms with Crippen LogP contribution in [0.5, 0.6) is 0 Å². The van der Waals surface area contributed by atoms with Crippen molar-refractivity contribution in [3.63, 3.8) is 0 Å². The molecule has 0 bridgehead atoms. The number of imidazole rings is 1. The molecule has 0 atom stereocenters. The topological polar surface area (TPSA) is 62.2 Å². The van der Waals surface area contributed by atoms with E-state index in [2.05, 4.69) is 15.3 Å². The Balaban J connectivity index is 1.44. The Kier molecular flexibility index (Phi) is 3.84. The molecule has 0 spiro atoms. The molecule has 2 N–H and O–H groups in total. The maximum atomic E-state index is 12.0. The van der Waals surface area contributed by atoms with Gasteiger partial charge >= 0.3 is 0 Å². The van der Waals surface area contributed by atoms with E-state index in [-0.39, 0.29) is 5.91 Å². The SMILES string of the molecule is O=C(/C=C/c1c(Cl)nc2sccn12)NCc1cc2ccccc2[nH]1. The van der Waals surface area contributed by atoms with Gasteiger partial charge in [0.05, 0.1) is 12.2 Å². The van der Waals surface area contributed by atoms with Gasteiger partial charge in [0.2, 0.25) is 5.91 Å². The van der Waals surface area contributed by atoms with Crippen molar-refractivity contribution in [1.29, 1.82) is 0 Å². The normalized spacial score (nSPS) is 11.7. The van der Waals surface area contributed by atoms with E-state index in [1.807, 2.05) is 46.3 Å². The number of nitrogens with zero attached hydrogens (tertiary/aromatic N) is 2. The van der Waals surface area contributed by atoms with Crippen molar-refractivity contribution in [2.75, 3.05) is 0 Å². The Hall–Kier alpha value is -2.57. The summed E-state index contributed by atoms with van der Waals surface area (Å²) >= 11 is 7.59. The quantitative estimate of drug-likeness (QED) is 0.545. The number of halogens is 1. The van der Waals surface area contributed by atoms with Crippen LogP contribution in [0.3, 0.4) is 0 Å². The van der Waals surface area contributed by atoms with Gasteiger partial charge in [-0.05, 0) is 23.6 Å². The summed E-state index contributed by atoms with van der Waals surface area (Å²) in [5.74, 6) is -0.185. The molecular formula is C17H13ClN4OS. The molecule has 4 rings (SSSR count). The first-order chi connectivity index (χ1) is 11.7. The second-order valence-corrected chi connectivity index (χ2v) is 6.51. The minimum absolute atomic E-state index is 0.185. The molecule has 120 valence electrons. The molecule has 5 nitrogen and oxygen atoms in total. The summed E-state index contributed by atoms with van der Waals surface area (Å²) in [5.41, 5.74) is 2.72. The fourth-order valence-electron chi connectivity index (χ4n) is 2.55. The third-order valence-corrected chi connectivity index (χ3v) is 4.72. The molecule has 0 aliphatic heterocycles. The van der Waals surface area contributed by atoms with Crippen molar-refractivity contribution in [3.8, 4) is 0 Å². The highest BCUT2D eigenvalue weighted by Crippen LogP contribution is 2.22. The van der Waals surface area contributed by atoms with Crippen molar-refractivity contribution < 1.29 is 4.79 Å². The smallest absolute Gasteiger partial charge is 0.244 e. The number of aromatic amines is 1. The van der Waals surface area contributed by atoms with E-state index in [0.29, 0.717) is 17.4 Å². The van der Waals surface area contributed by atoms with E-state index in [4.69, 9.17) is 11.6 Å². The summed E-state index contributed by atoms with van der Waals surface area (Å²) in [6.07, 6.45) is 5.02. The highest BCUT2D eigenvalue weighted by Gasteiger charge is 2.08. The van der Waals surface area contributed by atoms with Gasteiger partial charge in [-0.2, -0.15) is 0 Å². The number of hydrogen-bond donors (Lipinski definition) is 2. The number of rotatable bonds is 4. The van der Waals surface area contributed by atoms with Crippen LogP contribution in [0, 0.1) is 0 Å². The minimum atomic E-state index is -0.185. The summed E-state index contributed by atoms with van der Waals surface area (Å²) in [7, 11) is 0. The Labute approximate surface area is 146 Å². The number of aromatic nitrogens is 3. The molecule has 7 heteroatoms. The molecule has 4 aromatic rings. The molecule has 0 unspecified atom stereocenters. The number of hydrogen-bond acceptors (Lipinski definition) is 3. The van der Waals surface area contributed by atoms with Crippen molar-refractivity contribution >= 4 is 50.8 Å². The summed E-state index contributed by atoms with van der Waals surface area (Å²) < 4.78 is 1.86. The van der Waals surface area contributed by atoms with E-state index >= 15 is 0 Å². The fraction of sp³-hybridized carbons (Fsp3) is 0.0588. The van der Waals surface area contributed by atoms with Crippen LogP contribution in [0.1, 0.15) is 11.4 Å². The standard InChI is InChI=1S/C17H13ClN4OS/c18-16-14(22-7-8-24-17(22)21-16)5-6-15(23)19-10-12-9-11-3-1-2-4-13(11)20-12/h1-9,20H,10H2,(H,19,23)/b6-5+. The molecule has 0 radical (unpaired) electrons. The molecule has 0 fully saturated rings. The van der Waals surface area contributed by atoms with Crippen LogP contribution in [0.15, 0.2) is 48.0 Å². The number of fused-ring (bicyclic) bond motifs is 2. The number of carbonyl (C=O) groups is 1. The van der Waals surface area contributed by atoms with Crippen LogP contribution < -0.4 is 5.32 Å². The molecule has 3 aromatic heterocycles. The largest absolute Gasteiger partial charge is 0.357 e. The summed E-state index contributed by atoms with van der Waals surface area (Å²) in [6.45, 7) is 0.436. The van der Waals surface area contributed by atoms with Gasteiger partial charge < -0.3 is 10.3 Å². The van der Waals surface area contributed by atoms with Gasteiger partial charge in [-0.15, -0.1) is 11.3 Å². The monoisotopic (exact) mass is 356 g/mol. The molecule has 3 heterocycles. The molecular weight excluding hydrogens is 344 g/mol. The summed E-state index contributed by atoms with van der Waals surface area (Å²) in [5, 5.41) is 6.30. The maximum Gasteiger partial charge on any atom is 0.244 e. The van der Waals surface area contributed by atoms with Crippen LogP contribution in [0.25, 0.3) is 21.9 Å². The predicted octanol–water partition coefficient (Wildman–Crippen LogP) is 3.86. The average molecular weight is 357 g/mol. The second-order valence-electron chi connectivity index (χ2n) is 5.28. The molecule has 24 heavy (non-hydrogen) atoms.